The smallest absolute Gasteiger partial charge is 0.284 e. The highest BCUT2D eigenvalue weighted by atomic mass is 32.2. The van der Waals surface area contributed by atoms with E-state index in [9.17, 15) is 18.7 Å². The molecule has 8 heteroatoms. The summed E-state index contributed by atoms with van der Waals surface area (Å²) in [7, 11) is 0. The molecule has 0 aliphatic rings. The highest BCUT2D eigenvalue weighted by Crippen LogP contribution is 2.20. The number of carboxylic acid groups (broad SMARTS) is 1. The number of hydrazone groups is 1. The Bertz CT molecular complexity index is 656. The maximum absolute atomic E-state index is 12.0. The van der Waals surface area contributed by atoms with Gasteiger partial charge in [-0.05, 0) is 29.8 Å². The molecule has 0 aliphatic carbocycles. The van der Waals surface area contributed by atoms with E-state index in [1.165, 1.54) is 30.5 Å². The molecule has 2 rings (SSSR count). The van der Waals surface area contributed by atoms with Gasteiger partial charge in [-0.25, -0.2) is 0 Å². The van der Waals surface area contributed by atoms with Gasteiger partial charge in [0.05, 0.1) is 23.6 Å². The predicted molar refractivity (Wildman–Crippen MR) is 78.0 cm³/mol. The molecule has 0 aliphatic heterocycles. The van der Waals surface area contributed by atoms with Crippen LogP contribution in [0.5, 0.6) is 0 Å². The number of alkyl halides is 2. The van der Waals surface area contributed by atoms with Crippen LogP contribution in [0, 0.1) is 0 Å². The number of hydrogen-bond donors (Lipinski definition) is 1. The number of anilines is 1. The number of rotatable bonds is 7. The van der Waals surface area contributed by atoms with Gasteiger partial charge in [0.2, 0.25) is 0 Å². The van der Waals surface area contributed by atoms with Gasteiger partial charge in [0.25, 0.3) is 5.76 Å². The molecular formula is C14H11F2N2O3S-. The first kappa shape index (κ1) is 16.0. The number of furan rings is 1. The molecule has 1 heterocycles. The highest BCUT2D eigenvalue weighted by molar-refractivity contribution is 7.98. The monoisotopic (exact) mass is 325 g/mol. The fraction of sp³-hybridized carbons (Fsp3) is 0.143. The quantitative estimate of drug-likeness (QED) is 0.625. The Morgan fingerprint density at radius 3 is 2.68 bits per heavy atom. The molecule has 0 fully saturated rings. The Hall–Kier alpha value is -2.35. The van der Waals surface area contributed by atoms with Gasteiger partial charge in [-0.1, -0.05) is 23.9 Å². The number of nitrogens with zero attached hydrogens (tertiary/aromatic N) is 1. The van der Waals surface area contributed by atoms with Crippen molar-refractivity contribution in [1.29, 1.82) is 0 Å². The zero-order valence-corrected chi connectivity index (χ0v) is 12.0. The van der Waals surface area contributed by atoms with Crippen molar-refractivity contribution in [2.45, 2.75) is 11.5 Å². The molecule has 0 saturated carbocycles. The molecule has 0 unspecified atom stereocenters. The largest absolute Gasteiger partial charge is 0.545 e. The molecule has 0 atom stereocenters. The number of carbonyl (C=O) groups is 1. The third-order valence-electron chi connectivity index (χ3n) is 2.54. The lowest BCUT2D eigenvalue weighted by Crippen LogP contribution is -2.21. The molecule has 0 amide bonds. The van der Waals surface area contributed by atoms with E-state index in [0.29, 0.717) is 29.0 Å². The number of nitrogens with one attached hydrogen (secondary N) is 1. The van der Waals surface area contributed by atoms with Crippen molar-refractivity contribution in [2.75, 3.05) is 5.43 Å². The van der Waals surface area contributed by atoms with Crippen LogP contribution in [0.1, 0.15) is 21.9 Å². The Morgan fingerprint density at radius 1 is 1.32 bits per heavy atom. The third-order valence-corrected chi connectivity index (χ3v) is 3.24. The summed E-state index contributed by atoms with van der Waals surface area (Å²) in [5, 5.41) is 14.5. The van der Waals surface area contributed by atoms with E-state index in [2.05, 4.69) is 10.5 Å². The van der Waals surface area contributed by atoms with Crippen molar-refractivity contribution in [1.82, 2.24) is 0 Å². The van der Waals surface area contributed by atoms with Gasteiger partial charge in [-0.3, -0.25) is 5.43 Å². The molecule has 0 bridgehead atoms. The first-order valence-corrected chi connectivity index (χ1v) is 7.18. The number of carboxylic acids is 1. The maximum atomic E-state index is 12.0. The van der Waals surface area contributed by atoms with E-state index in [1.54, 1.807) is 12.1 Å². The molecule has 0 spiro atoms. The molecule has 2 aromatic rings. The molecule has 0 radical (unpaired) electrons. The Balaban J connectivity index is 1.88. The third kappa shape index (κ3) is 4.88. The van der Waals surface area contributed by atoms with Crippen molar-refractivity contribution in [2.24, 2.45) is 5.10 Å². The summed E-state index contributed by atoms with van der Waals surface area (Å²) >= 11 is 0.482. The minimum absolute atomic E-state index is 0.0711. The minimum atomic E-state index is -2.44. The number of halogens is 2. The van der Waals surface area contributed by atoms with Crippen molar-refractivity contribution in [3.8, 4) is 0 Å². The first-order valence-electron chi connectivity index (χ1n) is 6.13. The van der Waals surface area contributed by atoms with Gasteiger partial charge in [0.1, 0.15) is 11.5 Å². The average Bonchev–Trinajstić information content (AvgIpc) is 2.93. The zero-order chi connectivity index (χ0) is 15.9. The van der Waals surface area contributed by atoms with Crippen LogP contribution < -0.4 is 10.5 Å². The van der Waals surface area contributed by atoms with Crippen LogP contribution >= 0.6 is 11.8 Å². The SMILES string of the molecule is O=C([O-])c1ccc(N/N=C\c2ccc(CSC(F)F)o2)cc1. The maximum Gasteiger partial charge on any atom is 0.284 e. The fourth-order valence-corrected chi connectivity index (χ4v) is 1.98. The van der Waals surface area contributed by atoms with Crippen molar-refractivity contribution in [3.05, 3.63) is 53.5 Å². The number of thioether (sulfide) groups is 1. The van der Waals surface area contributed by atoms with Crippen LogP contribution in [0.2, 0.25) is 0 Å². The zero-order valence-electron chi connectivity index (χ0n) is 11.2. The second-order valence-corrected chi connectivity index (χ2v) is 5.09. The topological polar surface area (TPSA) is 77.7 Å². The normalized spacial score (nSPS) is 11.2. The predicted octanol–water partition coefficient (Wildman–Crippen LogP) is 2.54. The van der Waals surface area contributed by atoms with Crippen molar-refractivity contribution >= 4 is 29.6 Å². The Kier molecular flexibility index (Phi) is 5.54. The standard InChI is InChI=1S/C14H12F2N2O3S/c15-14(16)22-8-12-6-5-11(21-12)7-17-18-10-3-1-9(2-4-10)13(19)20/h1-7,14,18H,8H2,(H,19,20)/p-1/b17-7-. The van der Waals surface area contributed by atoms with Gasteiger partial charge in [-0.15, -0.1) is 0 Å². The lowest BCUT2D eigenvalue weighted by Gasteiger charge is -2.03. The van der Waals surface area contributed by atoms with Gasteiger partial charge < -0.3 is 14.3 Å². The molecule has 1 aromatic carbocycles. The molecule has 5 nitrogen and oxygen atoms in total. The second-order valence-electron chi connectivity index (χ2n) is 4.11. The van der Waals surface area contributed by atoms with Crippen LogP contribution in [0.25, 0.3) is 0 Å². The van der Waals surface area contributed by atoms with Gasteiger partial charge in [0, 0.05) is 0 Å². The summed E-state index contributed by atoms with van der Waals surface area (Å²) in [4.78, 5) is 10.6. The van der Waals surface area contributed by atoms with E-state index in [4.69, 9.17) is 4.42 Å². The second kappa shape index (κ2) is 7.60. The van der Waals surface area contributed by atoms with Crippen molar-refractivity contribution < 1.29 is 23.1 Å². The fourth-order valence-electron chi connectivity index (χ4n) is 1.54. The average molecular weight is 325 g/mol. The van der Waals surface area contributed by atoms with E-state index in [0.717, 1.165) is 0 Å². The van der Waals surface area contributed by atoms with Crippen LogP contribution in [0.15, 0.2) is 45.9 Å². The minimum Gasteiger partial charge on any atom is -0.545 e. The summed E-state index contributed by atoms with van der Waals surface area (Å²) in [5.41, 5.74) is 3.35. The summed E-state index contributed by atoms with van der Waals surface area (Å²) in [6.45, 7) is 0. The van der Waals surface area contributed by atoms with Crippen LogP contribution in [-0.4, -0.2) is 17.9 Å². The lowest BCUT2D eigenvalue weighted by molar-refractivity contribution is -0.255. The molecule has 116 valence electrons. The van der Waals surface area contributed by atoms with Gasteiger partial charge in [-0.2, -0.15) is 13.9 Å². The van der Waals surface area contributed by atoms with Gasteiger partial charge in [0.15, 0.2) is 0 Å². The lowest BCUT2D eigenvalue weighted by atomic mass is 10.2. The molecule has 22 heavy (non-hydrogen) atoms. The van der Waals surface area contributed by atoms with Crippen LogP contribution in [0.4, 0.5) is 14.5 Å². The number of hydrogen-bond acceptors (Lipinski definition) is 6. The summed E-state index contributed by atoms with van der Waals surface area (Å²) < 4.78 is 29.4. The first-order chi connectivity index (χ1) is 10.5. The van der Waals surface area contributed by atoms with E-state index < -0.39 is 11.7 Å². The summed E-state index contributed by atoms with van der Waals surface area (Å²) in [6.07, 6.45) is 1.39. The summed E-state index contributed by atoms with van der Waals surface area (Å²) in [5.74, 6) is -2.75. The van der Waals surface area contributed by atoms with E-state index >= 15 is 0 Å². The molecule has 1 N–H and O–H groups in total. The molecular weight excluding hydrogens is 314 g/mol. The Labute approximate surface area is 129 Å². The number of aromatic carboxylic acids is 1. The van der Waals surface area contributed by atoms with Crippen LogP contribution in [0.3, 0.4) is 0 Å². The summed E-state index contributed by atoms with van der Waals surface area (Å²) in [6, 6.07) is 9.07. The Morgan fingerprint density at radius 2 is 2.05 bits per heavy atom. The van der Waals surface area contributed by atoms with E-state index in [1.807, 2.05) is 0 Å². The van der Waals surface area contributed by atoms with Gasteiger partial charge >= 0.3 is 0 Å². The molecule has 1 aromatic heterocycles. The molecule has 0 saturated heterocycles. The van der Waals surface area contributed by atoms with Crippen LogP contribution in [-0.2, 0) is 5.75 Å². The number of carbonyl (C=O) groups excluding carboxylic acids is 1. The number of benzene rings is 1. The highest BCUT2D eigenvalue weighted by Gasteiger charge is 2.06. The van der Waals surface area contributed by atoms with E-state index in [-0.39, 0.29) is 11.3 Å². The van der Waals surface area contributed by atoms with Crippen molar-refractivity contribution in [3.63, 3.8) is 0 Å².